The van der Waals surface area contributed by atoms with Crippen molar-refractivity contribution in [1.82, 2.24) is 0 Å². The summed E-state index contributed by atoms with van der Waals surface area (Å²) in [5.74, 6) is 0.404. The second kappa shape index (κ2) is 5.28. The molecule has 0 aliphatic heterocycles. The average molecular weight is 231 g/mol. The molecule has 0 spiro atoms. The maximum Gasteiger partial charge on any atom is 0.0146 e. The van der Waals surface area contributed by atoms with Crippen LogP contribution in [0.2, 0.25) is 0 Å². The molecular formula is C14H17NS. The highest BCUT2D eigenvalue weighted by molar-refractivity contribution is 7.07. The van der Waals surface area contributed by atoms with Crippen molar-refractivity contribution in [2.75, 3.05) is 0 Å². The van der Waals surface area contributed by atoms with E-state index in [1.54, 1.807) is 11.3 Å². The van der Waals surface area contributed by atoms with Crippen molar-refractivity contribution in [2.24, 2.45) is 5.73 Å². The van der Waals surface area contributed by atoms with Gasteiger partial charge in [0.1, 0.15) is 0 Å². The third kappa shape index (κ3) is 2.71. The predicted molar refractivity (Wildman–Crippen MR) is 70.9 cm³/mol. The SMILES string of the molecule is CC(c1ccccc1)C(N)Cc1ccsc1. The van der Waals surface area contributed by atoms with Crippen molar-refractivity contribution in [3.05, 3.63) is 58.3 Å². The molecule has 1 heterocycles. The molecule has 0 aliphatic rings. The fraction of sp³-hybridized carbons (Fsp3) is 0.286. The van der Waals surface area contributed by atoms with Crippen LogP contribution in [0.1, 0.15) is 24.0 Å². The molecule has 0 fully saturated rings. The van der Waals surface area contributed by atoms with Crippen LogP contribution in [0.25, 0.3) is 0 Å². The van der Waals surface area contributed by atoms with E-state index in [1.165, 1.54) is 11.1 Å². The fourth-order valence-electron chi connectivity index (χ4n) is 1.86. The molecule has 2 aromatic rings. The van der Waals surface area contributed by atoms with Gasteiger partial charge in [-0.3, -0.25) is 0 Å². The Hall–Kier alpha value is -1.12. The minimum atomic E-state index is 0.192. The molecule has 2 rings (SSSR count). The van der Waals surface area contributed by atoms with Crippen LogP contribution in [-0.4, -0.2) is 6.04 Å². The van der Waals surface area contributed by atoms with E-state index in [9.17, 15) is 0 Å². The number of benzene rings is 1. The van der Waals surface area contributed by atoms with E-state index in [4.69, 9.17) is 5.73 Å². The summed E-state index contributed by atoms with van der Waals surface area (Å²) in [6, 6.07) is 12.8. The zero-order valence-corrected chi connectivity index (χ0v) is 10.3. The van der Waals surface area contributed by atoms with Crippen LogP contribution in [0.3, 0.4) is 0 Å². The molecule has 0 saturated carbocycles. The van der Waals surface area contributed by atoms with Crippen LogP contribution in [-0.2, 0) is 6.42 Å². The van der Waals surface area contributed by atoms with Crippen LogP contribution < -0.4 is 5.73 Å². The summed E-state index contributed by atoms with van der Waals surface area (Å²) >= 11 is 1.73. The van der Waals surface area contributed by atoms with Crippen molar-refractivity contribution >= 4 is 11.3 Å². The molecule has 16 heavy (non-hydrogen) atoms. The Bertz CT molecular complexity index is 408. The monoisotopic (exact) mass is 231 g/mol. The van der Waals surface area contributed by atoms with Gasteiger partial charge in [-0.15, -0.1) is 0 Å². The molecular weight excluding hydrogens is 214 g/mol. The lowest BCUT2D eigenvalue weighted by atomic mass is 9.90. The van der Waals surface area contributed by atoms with Gasteiger partial charge in [0, 0.05) is 6.04 Å². The number of hydrogen-bond donors (Lipinski definition) is 1. The highest BCUT2D eigenvalue weighted by Gasteiger charge is 2.14. The van der Waals surface area contributed by atoms with Crippen molar-refractivity contribution < 1.29 is 0 Å². The number of thiophene rings is 1. The standard InChI is InChI=1S/C14H17NS/c1-11(13-5-3-2-4-6-13)14(15)9-12-7-8-16-10-12/h2-8,10-11,14H,9,15H2,1H3. The van der Waals surface area contributed by atoms with Gasteiger partial charge in [-0.2, -0.15) is 11.3 Å². The molecule has 2 unspecified atom stereocenters. The van der Waals surface area contributed by atoms with Gasteiger partial charge in [0.2, 0.25) is 0 Å². The molecule has 84 valence electrons. The smallest absolute Gasteiger partial charge is 0.0146 e. The number of hydrogen-bond acceptors (Lipinski definition) is 2. The lowest BCUT2D eigenvalue weighted by molar-refractivity contribution is 0.565. The molecule has 0 aliphatic carbocycles. The largest absolute Gasteiger partial charge is 0.327 e. The summed E-state index contributed by atoms with van der Waals surface area (Å²) in [5, 5.41) is 4.28. The summed E-state index contributed by atoms with van der Waals surface area (Å²) in [6.07, 6.45) is 0.958. The Labute approximate surface area is 101 Å². The van der Waals surface area contributed by atoms with Crippen molar-refractivity contribution in [2.45, 2.75) is 25.3 Å². The zero-order valence-electron chi connectivity index (χ0n) is 9.47. The third-order valence-electron chi connectivity index (χ3n) is 3.02. The van der Waals surface area contributed by atoms with Crippen LogP contribution in [0.5, 0.6) is 0 Å². The first-order chi connectivity index (χ1) is 7.77. The first kappa shape index (κ1) is 11.4. The van der Waals surface area contributed by atoms with Gasteiger partial charge in [0.25, 0.3) is 0 Å². The lowest BCUT2D eigenvalue weighted by Gasteiger charge is -2.19. The minimum absolute atomic E-state index is 0.192. The molecule has 2 atom stereocenters. The normalized spacial score (nSPS) is 14.6. The van der Waals surface area contributed by atoms with Gasteiger partial charge in [-0.05, 0) is 40.3 Å². The molecule has 0 radical (unpaired) electrons. The summed E-state index contributed by atoms with van der Waals surface area (Å²) < 4.78 is 0. The van der Waals surface area contributed by atoms with Crippen LogP contribution in [0.4, 0.5) is 0 Å². The van der Waals surface area contributed by atoms with Gasteiger partial charge in [-0.1, -0.05) is 37.3 Å². The molecule has 1 nitrogen and oxygen atoms in total. The molecule has 0 bridgehead atoms. The Morgan fingerprint density at radius 3 is 2.56 bits per heavy atom. The predicted octanol–water partition coefficient (Wildman–Crippen LogP) is 3.42. The van der Waals surface area contributed by atoms with Gasteiger partial charge < -0.3 is 5.73 Å². The highest BCUT2D eigenvalue weighted by atomic mass is 32.1. The number of rotatable bonds is 4. The quantitative estimate of drug-likeness (QED) is 0.857. The maximum atomic E-state index is 6.25. The van der Waals surface area contributed by atoms with Crippen molar-refractivity contribution in [1.29, 1.82) is 0 Å². The van der Waals surface area contributed by atoms with Crippen LogP contribution in [0.15, 0.2) is 47.2 Å². The molecule has 2 N–H and O–H groups in total. The summed E-state index contributed by atoms with van der Waals surface area (Å²) in [6.45, 7) is 2.20. The lowest BCUT2D eigenvalue weighted by Crippen LogP contribution is -2.28. The first-order valence-electron chi connectivity index (χ1n) is 5.59. The Morgan fingerprint density at radius 2 is 1.94 bits per heavy atom. The van der Waals surface area contributed by atoms with Crippen LogP contribution in [0, 0.1) is 0 Å². The van der Waals surface area contributed by atoms with E-state index >= 15 is 0 Å². The van der Waals surface area contributed by atoms with Gasteiger partial charge in [0.15, 0.2) is 0 Å². The van der Waals surface area contributed by atoms with Crippen molar-refractivity contribution in [3.63, 3.8) is 0 Å². The topological polar surface area (TPSA) is 26.0 Å². The van der Waals surface area contributed by atoms with Gasteiger partial charge >= 0.3 is 0 Å². The summed E-state index contributed by atoms with van der Waals surface area (Å²) in [7, 11) is 0. The second-order valence-corrected chi connectivity index (χ2v) is 4.98. The zero-order chi connectivity index (χ0) is 11.4. The summed E-state index contributed by atoms with van der Waals surface area (Å²) in [4.78, 5) is 0. The molecule has 0 saturated heterocycles. The minimum Gasteiger partial charge on any atom is -0.327 e. The molecule has 1 aromatic carbocycles. The molecule has 2 heteroatoms. The Morgan fingerprint density at radius 1 is 1.19 bits per heavy atom. The van der Waals surface area contributed by atoms with Crippen molar-refractivity contribution in [3.8, 4) is 0 Å². The fourth-order valence-corrected chi connectivity index (χ4v) is 2.54. The Balaban J connectivity index is 2.02. The van der Waals surface area contributed by atoms with E-state index in [0.29, 0.717) is 5.92 Å². The van der Waals surface area contributed by atoms with E-state index in [2.05, 4.69) is 48.0 Å². The third-order valence-corrected chi connectivity index (χ3v) is 3.75. The summed E-state index contributed by atoms with van der Waals surface area (Å²) in [5.41, 5.74) is 8.92. The van der Waals surface area contributed by atoms with Gasteiger partial charge in [0.05, 0.1) is 0 Å². The molecule has 1 aromatic heterocycles. The highest BCUT2D eigenvalue weighted by Crippen LogP contribution is 2.20. The molecule has 0 amide bonds. The average Bonchev–Trinajstić information content (AvgIpc) is 2.82. The van der Waals surface area contributed by atoms with E-state index < -0.39 is 0 Å². The van der Waals surface area contributed by atoms with Gasteiger partial charge in [-0.25, -0.2) is 0 Å². The Kier molecular flexibility index (Phi) is 3.75. The van der Waals surface area contributed by atoms with E-state index in [1.807, 2.05) is 6.07 Å². The number of nitrogens with two attached hydrogens (primary N) is 1. The second-order valence-electron chi connectivity index (χ2n) is 4.20. The first-order valence-corrected chi connectivity index (χ1v) is 6.53. The van der Waals surface area contributed by atoms with E-state index in [0.717, 1.165) is 6.42 Å². The van der Waals surface area contributed by atoms with E-state index in [-0.39, 0.29) is 6.04 Å². The maximum absolute atomic E-state index is 6.25. The van der Waals surface area contributed by atoms with Crippen LogP contribution >= 0.6 is 11.3 Å².